The van der Waals surface area contributed by atoms with Crippen LogP contribution in [0.1, 0.15) is 17.2 Å². The molecule has 6 nitrogen and oxygen atoms in total. The number of benzene rings is 2. The molecule has 1 aliphatic heterocycles. The maximum Gasteiger partial charge on any atom is 0.418 e. The number of rotatable bonds is 4. The van der Waals surface area contributed by atoms with Crippen molar-refractivity contribution in [1.82, 2.24) is 10.6 Å². The summed E-state index contributed by atoms with van der Waals surface area (Å²) in [6, 6.07) is 9.92. The first kappa shape index (κ1) is 20.2. The summed E-state index contributed by atoms with van der Waals surface area (Å²) in [5.41, 5.74) is -0.682. The second kappa shape index (κ2) is 7.86. The first-order chi connectivity index (χ1) is 13.7. The van der Waals surface area contributed by atoms with Crippen molar-refractivity contribution in [2.45, 2.75) is 12.2 Å². The molecule has 0 spiro atoms. The van der Waals surface area contributed by atoms with E-state index in [1.807, 2.05) is 0 Å². The summed E-state index contributed by atoms with van der Waals surface area (Å²) in [6.45, 7) is 3.71. The molecule has 1 saturated heterocycles. The number of carbonyl (C=O) groups excluding carboxylic acids is 2. The van der Waals surface area contributed by atoms with E-state index in [1.54, 1.807) is 24.3 Å². The summed E-state index contributed by atoms with van der Waals surface area (Å²) < 4.78 is 44.8. The van der Waals surface area contributed by atoms with Gasteiger partial charge in [-0.2, -0.15) is 13.2 Å². The molecule has 1 fully saturated rings. The van der Waals surface area contributed by atoms with Crippen LogP contribution in [0.5, 0.6) is 5.75 Å². The molecule has 0 unspecified atom stereocenters. The Balaban J connectivity index is 1.92. The minimum Gasteiger partial charge on any atom is -0.497 e. The smallest absolute Gasteiger partial charge is 0.418 e. The normalized spacial score (nSPS) is 19.2. The second-order valence-corrected chi connectivity index (χ2v) is 6.38. The standard InChI is InChI=1S/C20H18F3N3O3/c1-11-16(18(27)25-15-6-4-3-5-14(15)20(21,22)23)17(26-19(28)24-11)12-7-9-13(29-2)10-8-12/h3-10,16-17H,1H2,2H3,(H,25,27)(H2,24,26,28)/t16-,17+/m1/s1. The lowest BCUT2D eigenvalue weighted by Crippen LogP contribution is -2.51. The Labute approximate surface area is 164 Å². The molecule has 3 N–H and O–H groups in total. The molecule has 3 amide bonds. The van der Waals surface area contributed by atoms with E-state index < -0.39 is 35.6 Å². The molecule has 1 heterocycles. The lowest BCUT2D eigenvalue weighted by Gasteiger charge is -2.34. The topological polar surface area (TPSA) is 79.5 Å². The van der Waals surface area contributed by atoms with Gasteiger partial charge in [-0.05, 0) is 29.8 Å². The molecule has 0 aromatic heterocycles. The lowest BCUT2D eigenvalue weighted by molar-refractivity contribution is -0.137. The highest BCUT2D eigenvalue weighted by molar-refractivity contribution is 5.97. The Morgan fingerprint density at radius 2 is 1.79 bits per heavy atom. The zero-order chi connectivity index (χ0) is 21.2. The summed E-state index contributed by atoms with van der Waals surface area (Å²) in [7, 11) is 1.50. The van der Waals surface area contributed by atoms with Gasteiger partial charge in [-0.25, -0.2) is 4.79 Å². The molecular weight excluding hydrogens is 387 g/mol. The number of hydrogen-bond acceptors (Lipinski definition) is 3. The third-order valence-corrected chi connectivity index (χ3v) is 4.52. The molecule has 9 heteroatoms. The average molecular weight is 405 g/mol. The van der Waals surface area contributed by atoms with Crippen LogP contribution in [0.25, 0.3) is 0 Å². The van der Waals surface area contributed by atoms with Gasteiger partial charge in [0.05, 0.1) is 24.4 Å². The first-order valence-electron chi connectivity index (χ1n) is 8.58. The highest BCUT2D eigenvalue weighted by Crippen LogP contribution is 2.36. The fraction of sp³-hybridized carbons (Fsp3) is 0.200. The van der Waals surface area contributed by atoms with Crippen LogP contribution < -0.4 is 20.7 Å². The molecule has 3 rings (SSSR count). The van der Waals surface area contributed by atoms with Crippen LogP contribution in [0.4, 0.5) is 23.7 Å². The fourth-order valence-corrected chi connectivity index (χ4v) is 3.13. The minimum atomic E-state index is -4.63. The van der Waals surface area contributed by atoms with Gasteiger partial charge in [0.2, 0.25) is 5.91 Å². The van der Waals surface area contributed by atoms with Crippen LogP contribution in [0.15, 0.2) is 60.8 Å². The van der Waals surface area contributed by atoms with Gasteiger partial charge in [0, 0.05) is 5.70 Å². The van der Waals surface area contributed by atoms with Gasteiger partial charge >= 0.3 is 12.2 Å². The van der Waals surface area contributed by atoms with Crippen molar-refractivity contribution in [2.75, 3.05) is 12.4 Å². The largest absolute Gasteiger partial charge is 0.497 e. The molecule has 29 heavy (non-hydrogen) atoms. The molecular formula is C20H18F3N3O3. The Kier molecular flexibility index (Phi) is 5.49. The SMILES string of the molecule is C=C1NC(=O)N[C@@H](c2ccc(OC)cc2)[C@@H]1C(=O)Nc1ccccc1C(F)(F)F. The Hall–Kier alpha value is -3.49. The zero-order valence-electron chi connectivity index (χ0n) is 15.3. The van der Waals surface area contributed by atoms with Crippen molar-refractivity contribution in [1.29, 1.82) is 0 Å². The van der Waals surface area contributed by atoms with Crippen LogP contribution >= 0.6 is 0 Å². The molecule has 0 saturated carbocycles. The molecule has 2 aromatic rings. The van der Waals surface area contributed by atoms with E-state index in [0.29, 0.717) is 11.3 Å². The van der Waals surface area contributed by atoms with Crippen molar-refractivity contribution in [3.05, 3.63) is 71.9 Å². The van der Waals surface area contributed by atoms with Crippen LogP contribution in [-0.2, 0) is 11.0 Å². The number of urea groups is 1. The number of alkyl halides is 3. The van der Waals surface area contributed by atoms with E-state index >= 15 is 0 Å². The van der Waals surface area contributed by atoms with Gasteiger partial charge in [0.1, 0.15) is 11.7 Å². The van der Waals surface area contributed by atoms with E-state index in [-0.39, 0.29) is 11.4 Å². The molecule has 1 aliphatic rings. The summed E-state index contributed by atoms with van der Waals surface area (Å²) in [6.07, 6.45) is -4.63. The monoisotopic (exact) mass is 405 g/mol. The molecule has 152 valence electrons. The van der Waals surface area contributed by atoms with E-state index in [0.717, 1.165) is 6.07 Å². The summed E-state index contributed by atoms with van der Waals surface area (Å²) in [5.74, 6) is -1.20. The number of nitrogens with one attached hydrogen (secondary N) is 3. The Morgan fingerprint density at radius 1 is 1.14 bits per heavy atom. The molecule has 2 aromatic carbocycles. The van der Waals surface area contributed by atoms with Crippen molar-refractivity contribution in [3.8, 4) is 5.75 Å². The highest BCUT2D eigenvalue weighted by atomic mass is 19.4. The Bertz CT molecular complexity index is 942. The number of para-hydroxylation sites is 1. The maximum atomic E-state index is 13.2. The summed E-state index contributed by atoms with van der Waals surface area (Å²) in [4.78, 5) is 24.8. The van der Waals surface area contributed by atoms with E-state index in [2.05, 4.69) is 22.5 Å². The third kappa shape index (κ3) is 4.34. The molecule has 0 radical (unpaired) electrons. The van der Waals surface area contributed by atoms with Crippen LogP contribution in [0, 0.1) is 5.92 Å². The zero-order valence-corrected chi connectivity index (χ0v) is 15.3. The number of methoxy groups -OCH3 is 1. The second-order valence-electron chi connectivity index (χ2n) is 6.38. The molecule has 0 bridgehead atoms. The predicted octanol–water partition coefficient (Wildman–Crippen LogP) is 3.84. The van der Waals surface area contributed by atoms with Gasteiger partial charge in [0.25, 0.3) is 0 Å². The lowest BCUT2D eigenvalue weighted by atomic mass is 9.88. The van der Waals surface area contributed by atoms with Gasteiger partial charge in [0.15, 0.2) is 0 Å². The average Bonchev–Trinajstić information content (AvgIpc) is 2.67. The van der Waals surface area contributed by atoms with E-state index in [1.165, 1.54) is 25.3 Å². The van der Waals surface area contributed by atoms with Gasteiger partial charge in [-0.15, -0.1) is 0 Å². The van der Waals surface area contributed by atoms with Crippen molar-refractivity contribution in [3.63, 3.8) is 0 Å². The number of ether oxygens (including phenoxy) is 1. The number of carbonyl (C=O) groups is 2. The van der Waals surface area contributed by atoms with Crippen molar-refractivity contribution < 1.29 is 27.5 Å². The van der Waals surface area contributed by atoms with Crippen molar-refractivity contribution >= 4 is 17.6 Å². The number of amides is 3. The number of anilines is 1. The highest BCUT2D eigenvalue weighted by Gasteiger charge is 2.39. The van der Waals surface area contributed by atoms with E-state index in [9.17, 15) is 22.8 Å². The molecule has 2 atom stereocenters. The van der Waals surface area contributed by atoms with Gasteiger partial charge in [-0.3, -0.25) is 4.79 Å². The fourth-order valence-electron chi connectivity index (χ4n) is 3.13. The minimum absolute atomic E-state index is 0.0801. The Morgan fingerprint density at radius 3 is 2.41 bits per heavy atom. The third-order valence-electron chi connectivity index (χ3n) is 4.52. The van der Waals surface area contributed by atoms with Crippen molar-refractivity contribution in [2.24, 2.45) is 5.92 Å². The molecule has 0 aliphatic carbocycles. The van der Waals surface area contributed by atoms with Crippen LogP contribution in [0.2, 0.25) is 0 Å². The number of hydrogen-bond donors (Lipinski definition) is 3. The first-order valence-corrected chi connectivity index (χ1v) is 8.58. The van der Waals surface area contributed by atoms with Gasteiger partial charge in [-0.1, -0.05) is 30.8 Å². The summed E-state index contributed by atoms with van der Waals surface area (Å²) >= 11 is 0. The van der Waals surface area contributed by atoms with Crippen LogP contribution in [0.3, 0.4) is 0 Å². The van der Waals surface area contributed by atoms with Gasteiger partial charge < -0.3 is 20.7 Å². The van der Waals surface area contributed by atoms with E-state index in [4.69, 9.17) is 4.74 Å². The quantitative estimate of drug-likeness (QED) is 0.723. The predicted molar refractivity (Wildman–Crippen MR) is 100 cm³/mol. The summed E-state index contributed by atoms with van der Waals surface area (Å²) in [5, 5.41) is 7.36. The maximum absolute atomic E-state index is 13.2. The number of halogens is 3. The van der Waals surface area contributed by atoms with Crippen LogP contribution in [-0.4, -0.2) is 19.0 Å².